The van der Waals surface area contributed by atoms with Crippen molar-refractivity contribution in [1.29, 1.82) is 0 Å². The molecule has 1 saturated heterocycles. The van der Waals surface area contributed by atoms with Gasteiger partial charge in [-0.05, 0) is 118 Å². The monoisotopic (exact) mass is 1020 g/mol. The van der Waals surface area contributed by atoms with Gasteiger partial charge in [-0.15, -0.1) is 0 Å². The molecule has 1 aliphatic heterocycles. The van der Waals surface area contributed by atoms with Gasteiger partial charge in [-0.3, -0.25) is 43.6 Å². The minimum Gasteiger partial charge on any atom is -0.481 e. The van der Waals surface area contributed by atoms with E-state index in [2.05, 4.69) is 46.8 Å². The number of aromatic nitrogens is 2. The number of likely N-dealkylation sites (tertiary alicyclic amines) is 1. The number of amides is 7. The van der Waals surface area contributed by atoms with E-state index in [1.807, 2.05) is 55.5 Å². The number of aryl methyl sites for hydroxylation is 1. The zero-order valence-corrected chi connectivity index (χ0v) is 42.4. The van der Waals surface area contributed by atoms with Crippen LogP contribution in [0.1, 0.15) is 101 Å². The summed E-state index contributed by atoms with van der Waals surface area (Å²) >= 11 is 0. The van der Waals surface area contributed by atoms with Gasteiger partial charge in [0, 0.05) is 56.4 Å². The van der Waals surface area contributed by atoms with E-state index >= 15 is 0 Å². The molecule has 2 aromatic carbocycles. The van der Waals surface area contributed by atoms with Gasteiger partial charge in [0.1, 0.15) is 24.2 Å². The average Bonchev–Trinajstić information content (AvgIpc) is 3.87. The van der Waals surface area contributed by atoms with Crippen LogP contribution >= 0.6 is 0 Å². The molecule has 1 fully saturated rings. The Morgan fingerprint density at radius 1 is 0.716 bits per heavy atom. The SMILES string of the molecule is Cc1ccccc1NC(=O)Nc1ccc(CC(=O)N[C@@H](CCCCNC(=O)CCCCCN(Cc2ccccn2)Cc2ccccn2)C(=O)N[C@@H](CC(=O)O)C(=O)N[C@H](C(=O)N2CCC[C@H]2C(=O)O)C(C)C)cc1. The number of para-hydroxylation sites is 1. The second kappa shape index (κ2) is 29.7. The molecule has 3 heterocycles. The Labute approximate surface area is 431 Å². The number of hydrogen-bond donors (Lipinski definition) is 8. The Bertz CT molecular complexity index is 2450. The summed E-state index contributed by atoms with van der Waals surface area (Å²) in [6.45, 7) is 7.76. The van der Waals surface area contributed by atoms with Crippen molar-refractivity contribution in [1.82, 2.24) is 41.0 Å². The van der Waals surface area contributed by atoms with Crippen molar-refractivity contribution in [2.24, 2.45) is 5.92 Å². The maximum Gasteiger partial charge on any atom is 0.326 e. The van der Waals surface area contributed by atoms with E-state index < -0.39 is 78.1 Å². The molecular formula is C54H70N10O10. The number of hydrogen-bond acceptors (Lipinski definition) is 11. The second-order valence-corrected chi connectivity index (χ2v) is 18.8. The van der Waals surface area contributed by atoms with Crippen LogP contribution in [0.15, 0.2) is 97.3 Å². The van der Waals surface area contributed by atoms with Crippen molar-refractivity contribution < 1.29 is 48.6 Å². The van der Waals surface area contributed by atoms with Crippen LogP contribution in [0, 0.1) is 12.8 Å². The van der Waals surface area contributed by atoms with Crippen LogP contribution in [-0.4, -0.2) is 121 Å². The van der Waals surface area contributed by atoms with E-state index in [1.54, 1.807) is 62.6 Å². The Balaban J connectivity index is 1.16. The maximum atomic E-state index is 14.0. The lowest BCUT2D eigenvalue weighted by Gasteiger charge is -2.30. The highest BCUT2D eigenvalue weighted by molar-refractivity contribution is 6.00. The Hall–Kier alpha value is -7.74. The average molecular weight is 1020 g/mol. The molecule has 7 amide bonds. The maximum absolute atomic E-state index is 14.0. The molecule has 20 nitrogen and oxygen atoms in total. The van der Waals surface area contributed by atoms with E-state index in [9.17, 15) is 48.6 Å². The predicted molar refractivity (Wildman–Crippen MR) is 277 cm³/mol. The van der Waals surface area contributed by atoms with Crippen molar-refractivity contribution >= 4 is 58.9 Å². The molecule has 0 saturated carbocycles. The van der Waals surface area contributed by atoms with Crippen LogP contribution in [0.5, 0.6) is 0 Å². The first-order valence-corrected chi connectivity index (χ1v) is 25.2. The first-order valence-electron chi connectivity index (χ1n) is 25.2. The number of benzene rings is 2. The highest BCUT2D eigenvalue weighted by atomic mass is 16.4. The molecule has 8 N–H and O–H groups in total. The molecule has 0 spiro atoms. The lowest BCUT2D eigenvalue weighted by Crippen LogP contribution is -2.59. The Kier molecular flexibility index (Phi) is 22.9. The number of aliphatic carboxylic acids is 2. The van der Waals surface area contributed by atoms with Gasteiger partial charge in [0.2, 0.25) is 29.5 Å². The molecule has 74 heavy (non-hydrogen) atoms. The van der Waals surface area contributed by atoms with E-state index in [0.717, 1.165) is 36.3 Å². The van der Waals surface area contributed by atoms with E-state index in [-0.39, 0.29) is 31.7 Å². The number of pyridine rings is 2. The van der Waals surface area contributed by atoms with Crippen LogP contribution < -0.4 is 31.9 Å². The second-order valence-electron chi connectivity index (χ2n) is 18.8. The Morgan fingerprint density at radius 3 is 2.00 bits per heavy atom. The number of carboxylic acid groups (broad SMARTS) is 2. The van der Waals surface area contributed by atoms with Crippen LogP contribution in [0.4, 0.5) is 16.2 Å². The van der Waals surface area contributed by atoms with Gasteiger partial charge < -0.3 is 47.0 Å². The third-order valence-electron chi connectivity index (χ3n) is 12.5. The highest BCUT2D eigenvalue weighted by Crippen LogP contribution is 2.21. The minimum atomic E-state index is -1.67. The van der Waals surface area contributed by atoms with Crippen molar-refractivity contribution in [3.8, 4) is 0 Å². The van der Waals surface area contributed by atoms with E-state index in [0.29, 0.717) is 68.7 Å². The molecule has 0 bridgehead atoms. The third-order valence-corrected chi connectivity index (χ3v) is 12.5. The van der Waals surface area contributed by atoms with Gasteiger partial charge >= 0.3 is 18.0 Å². The molecule has 4 aromatic rings. The number of anilines is 2. The van der Waals surface area contributed by atoms with Crippen molar-refractivity contribution in [3.05, 3.63) is 120 Å². The quantitative estimate of drug-likeness (QED) is 0.0326. The number of carboxylic acids is 2. The highest BCUT2D eigenvalue weighted by Gasteiger charge is 2.40. The summed E-state index contributed by atoms with van der Waals surface area (Å²) in [6, 6.07) is 19.9. The number of rotatable bonds is 29. The summed E-state index contributed by atoms with van der Waals surface area (Å²) in [4.78, 5) is 117. The van der Waals surface area contributed by atoms with Crippen LogP contribution in [0.3, 0.4) is 0 Å². The topological polar surface area (TPSA) is 281 Å². The first-order chi connectivity index (χ1) is 35.6. The smallest absolute Gasteiger partial charge is 0.326 e. The summed E-state index contributed by atoms with van der Waals surface area (Å²) in [5, 5.41) is 35.7. The molecular weight excluding hydrogens is 949 g/mol. The van der Waals surface area contributed by atoms with Crippen molar-refractivity contribution in [3.63, 3.8) is 0 Å². The normalized spacial score (nSPS) is 14.3. The van der Waals surface area contributed by atoms with Crippen LogP contribution in [-0.2, 0) is 53.1 Å². The molecule has 2 aromatic heterocycles. The molecule has 20 heteroatoms. The third kappa shape index (κ3) is 19.4. The zero-order chi connectivity index (χ0) is 53.4. The summed E-state index contributed by atoms with van der Waals surface area (Å²) in [7, 11) is 0. The fourth-order valence-electron chi connectivity index (χ4n) is 8.54. The van der Waals surface area contributed by atoms with E-state index in [1.165, 1.54) is 4.90 Å². The largest absolute Gasteiger partial charge is 0.481 e. The van der Waals surface area contributed by atoms with Gasteiger partial charge in [0.05, 0.1) is 24.2 Å². The van der Waals surface area contributed by atoms with Crippen molar-refractivity contribution in [2.45, 2.75) is 129 Å². The van der Waals surface area contributed by atoms with Gasteiger partial charge in [0.25, 0.3) is 0 Å². The van der Waals surface area contributed by atoms with E-state index in [4.69, 9.17) is 0 Å². The van der Waals surface area contributed by atoms with Gasteiger partial charge in [-0.25, -0.2) is 9.59 Å². The molecule has 4 atom stereocenters. The summed E-state index contributed by atoms with van der Waals surface area (Å²) < 4.78 is 0. The zero-order valence-electron chi connectivity index (χ0n) is 42.4. The number of nitrogens with zero attached hydrogens (tertiary/aromatic N) is 4. The molecule has 0 unspecified atom stereocenters. The number of unbranched alkanes of at least 4 members (excludes halogenated alkanes) is 3. The number of urea groups is 1. The lowest BCUT2D eigenvalue weighted by molar-refractivity contribution is -0.150. The van der Waals surface area contributed by atoms with Gasteiger partial charge in [0.15, 0.2) is 0 Å². The lowest BCUT2D eigenvalue weighted by atomic mass is 10.0. The van der Waals surface area contributed by atoms with Crippen LogP contribution in [0.25, 0.3) is 0 Å². The number of carbonyl (C=O) groups is 8. The predicted octanol–water partition coefficient (Wildman–Crippen LogP) is 5.18. The number of nitrogens with one attached hydrogen (secondary N) is 6. The van der Waals surface area contributed by atoms with Gasteiger partial charge in [-0.1, -0.05) is 62.7 Å². The van der Waals surface area contributed by atoms with Crippen molar-refractivity contribution in [2.75, 3.05) is 30.3 Å². The molecule has 0 aliphatic carbocycles. The fourth-order valence-corrected chi connectivity index (χ4v) is 8.54. The first kappa shape index (κ1) is 57.2. The summed E-state index contributed by atoms with van der Waals surface area (Å²) in [5.74, 6) is -6.27. The molecule has 1 aliphatic rings. The molecule has 396 valence electrons. The minimum absolute atomic E-state index is 0.0554. The summed E-state index contributed by atoms with van der Waals surface area (Å²) in [6.07, 6.45) is 6.75. The molecule has 5 rings (SSSR count). The Morgan fingerprint density at radius 2 is 1.38 bits per heavy atom. The van der Waals surface area contributed by atoms with Crippen LogP contribution in [0.2, 0.25) is 0 Å². The fraction of sp³-hybridized carbons (Fsp3) is 0.444. The van der Waals surface area contributed by atoms with Gasteiger partial charge in [-0.2, -0.15) is 0 Å². The number of carbonyl (C=O) groups excluding carboxylic acids is 6. The molecule has 0 radical (unpaired) electrons. The standard InChI is InChI=1S/C54H70N10O10/c1-36(2)49(52(71)64-31-15-21-45(64)53(72)73)62-51(70)44(33-48(67)68)60-50(69)43(59-47(66)32-38-23-25-39(26-24-38)58-54(74)61-42-19-7-6-16-37(42)3)20-10-13-29-57-46(65)22-5-4-14-30-63(34-40-17-8-11-27-55-40)35-41-18-9-12-28-56-41/h6-9,11-12,16-19,23-28,36,43-45,49H,4-5,10,13-15,20-22,29-35H2,1-3H3,(H,57,65)(H,59,66)(H,60,69)(H,62,70)(H,67,68)(H,72,73)(H2,58,61,74)/t43-,44-,45-,49-/m0/s1. The summed E-state index contributed by atoms with van der Waals surface area (Å²) in [5.41, 5.74) is 4.47.